The minimum Gasteiger partial charge on any atom is -0.379 e. The number of aromatic nitrogens is 1. The SMILES string of the molecule is COC1(C)c2ccc[c-]c2-c2nccc3cccc1c23.[Ir]. The molecule has 2 aromatic carbocycles. The Hall–Kier alpha value is -1.54. The zero-order valence-corrected chi connectivity index (χ0v) is 14.2. The topological polar surface area (TPSA) is 22.1 Å². The number of ether oxygens (including phenoxy) is 1. The maximum Gasteiger partial charge on any atom is 0.0821 e. The Morgan fingerprint density at radius 1 is 1.10 bits per heavy atom. The molecule has 0 fully saturated rings. The molecule has 3 heteroatoms. The minimum atomic E-state index is -0.456. The Morgan fingerprint density at radius 3 is 2.71 bits per heavy atom. The van der Waals surface area contributed by atoms with Crippen LogP contribution in [0.25, 0.3) is 22.0 Å². The summed E-state index contributed by atoms with van der Waals surface area (Å²) < 4.78 is 5.90. The summed E-state index contributed by atoms with van der Waals surface area (Å²) in [6, 6.07) is 17.8. The van der Waals surface area contributed by atoms with E-state index in [0.29, 0.717) is 0 Å². The Morgan fingerprint density at radius 2 is 1.90 bits per heavy atom. The van der Waals surface area contributed by atoms with Crippen molar-refractivity contribution in [3.05, 3.63) is 65.9 Å². The summed E-state index contributed by atoms with van der Waals surface area (Å²) in [5, 5.41) is 2.37. The van der Waals surface area contributed by atoms with Crippen molar-refractivity contribution in [2.45, 2.75) is 12.5 Å². The van der Waals surface area contributed by atoms with Crippen LogP contribution in [0.4, 0.5) is 0 Å². The molecule has 0 N–H and O–H groups in total. The Bertz CT molecular complexity index is 825. The normalized spacial score (nSPS) is 19.0. The number of rotatable bonds is 1. The molecule has 3 aromatic rings. The molecule has 1 aliphatic rings. The fourth-order valence-corrected chi connectivity index (χ4v) is 3.21. The van der Waals surface area contributed by atoms with Crippen LogP contribution in [0, 0.1) is 6.07 Å². The van der Waals surface area contributed by atoms with Gasteiger partial charge in [-0.05, 0) is 35.0 Å². The van der Waals surface area contributed by atoms with Crippen molar-refractivity contribution >= 4 is 10.8 Å². The molecule has 1 aliphatic carbocycles. The van der Waals surface area contributed by atoms with Gasteiger partial charge in [-0.2, -0.15) is 0 Å². The van der Waals surface area contributed by atoms with Gasteiger partial charge in [0.2, 0.25) is 0 Å². The molecule has 21 heavy (non-hydrogen) atoms. The van der Waals surface area contributed by atoms with Crippen molar-refractivity contribution in [3.63, 3.8) is 0 Å². The van der Waals surface area contributed by atoms with E-state index in [1.54, 1.807) is 7.11 Å². The van der Waals surface area contributed by atoms with E-state index in [0.717, 1.165) is 16.8 Å². The first-order valence-corrected chi connectivity index (χ1v) is 6.70. The number of hydrogen-bond acceptors (Lipinski definition) is 2. The van der Waals surface area contributed by atoms with Crippen molar-refractivity contribution in [3.8, 4) is 11.3 Å². The molecule has 1 atom stereocenters. The predicted octanol–water partition coefficient (Wildman–Crippen LogP) is 3.92. The standard InChI is InChI=1S/C18H14NO.Ir/c1-18(20-2)14-8-4-3-7-13(14)17-16-12(10-11-19-17)6-5-9-15(16)18;/h3-6,8-11H,1-2H3;/q-1;. The van der Waals surface area contributed by atoms with E-state index in [-0.39, 0.29) is 20.1 Å². The van der Waals surface area contributed by atoms with Gasteiger partial charge >= 0.3 is 0 Å². The van der Waals surface area contributed by atoms with Gasteiger partial charge in [0.25, 0.3) is 0 Å². The maximum atomic E-state index is 5.90. The van der Waals surface area contributed by atoms with Crippen molar-refractivity contribution in [2.75, 3.05) is 7.11 Å². The van der Waals surface area contributed by atoms with E-state index < -0.39 is 5.60 Å². The Labute approximate surface area is 137 Å². The second-order valence-electron chi connectivity index (χ2n) is 5.26. The summed E-state index contributed by atoms with van der Waals surface area (Å²) in [6.07, 6.45) is 1.86. The van der Waals surface area contributed by atoms with Gasteiger partial charge in [0.15, 0.2) is 0 Å². The monoisotopic (exact) mass is 453 g/mol. The number of methoxy groups -OCH3 is 1. The third-order valence-electron chi connectivity index (χ3n) is 4.32. The molecule has 107 valence electrons. The molecule has 0 aliphatic heterocycles. The zero-order chi connectivity index (χ0) is 13.7. The first-order valence-electron chi connectivity index (χ1n) is 6.70. The first kappa shape index (κ1) is 14.4. The average molecular weight is 453 g/mol. The number of benzene rings is 2. The van der Waals surface area contributed by atoms with E-state index in [1.165, 1.54) is 16.3 Å². The van der Waals surface area contributed by atoms with Gasteiger partial charge in [-0.1, -0.05) is 23.8 Å². The van der Waals surface area contributed by atoms with E-state index in [2.05, 4.69) is 42.2 Å². The molecule has 0 bridgehead atoms. The fraction of sp³-hybridized carbons (Fsp3) is 0.167. The summed E-state index contributed by atoms with van der Waals surface area (Å²) in [5.41, 5.74) is 3.89. The van der Waals surface area contributed by atoms with Crippen LogP contribution in [0.1, 0.15) is 18.1 Å². The molecule has 1 aromatic heterocycles. The van der Waals surface area contributed by atoms with Crippen LogP contribution in [-0.2, 0) is 30.4 Å². The van der Waals surface area contributed by atoms with Crippen molar-refractivity contribution in [2.24, 2.45) is 0 Å². The van der Waals surface area contributed by atoms with Gasteiger partial charge in [0, 0.05) is 33.4 Å². The molecule has 1 unspecified atom stereocenters. The van der Waals surface area contributed by atoms with Gasteiger partial charge in [-0.3, -0.25) is 0 Å². The number of pyridine rings is 1. The number of nitrogens with zero attached hydrogens (tertiary/aromatic N) is 1. The van der Waals surface area contributed by atoms with Crippen LogP contribution in [-0.4, -0.2) is 12.1 Å². The molecule has 1 radical (unpaired) electrons. The van der Waals surface area contributed by atoms with Crippen molar-refractivity contribution in [1.82, 2.24) is 4.98 Å². The van der Waals surface area contributed by atoms with Crippen molar-refractivity contribution in [1.29, 1.82) is 0 Å². The van der Waals surface area contributed by atoms with Gasteiger partial charge in [-0.15, -0.1) is 29.8 Å². The van der Waals surface area contributed by atoms with E-state index in [9.17, 15) is 0 Å². The van der Waals surface area contributed by atoms with Crippen LogP contribution < -0.4 is 0 Å². The van der Waals surface area contributed by atoms with E-state index in [1.807, 2.05) is 24.4 Å². The fourth-order valence-electron chi connectivity index (χ4n) is 3.21. The van der Waals surface area contributed by atoms with E-state index in [4.69, 9.17) is 4.74 Å². The molecule has 1 heterocycles. The summed E-state index contributed by atoms with van der Waals surface area (Å²) in [6.45, 7) is 2.12. The van der Waals surface area contributed by atoms with Crippen LogP contribution >= 0.6 is 0 Å². The molecule has 0 saturated heterocycles. The van der Waals surface area contributed by atoms with Crippen LogP contribution in [0.15, 0.2) is 48.7 Å². The number of hydrogen-bond donors (Lipinski definition) is 0. The van der Waals surface area contributed by atoms with Crippen LogP contribution in [0.2, 0.25) is 0 Å². The largest absolute Gasteiger partial charge is 0.379 e. The first-order chi connectivity index (χ1) is 9.75. The van der Waals surface area contributed by atoms with Crippen LogP contribution in [0.3, 0.4) is 0 Å². The predicted molar refractivity (Wildman–Crippen MR) is 79.5 cm³/mol. The quantitative estimate of drug-likeness (QED) is 0.522. The van der Waals surface area contributed by atoms with Crippen molar-refractivity contribution < 1.29 is 24.8 Å². The summed E-state index contributed by atoms with van der Waals surface area (Å²) in [7, 11) is 1.76. The zero-order valence-electron chi connectivity index (χ0n) is 11.8. The molecule has 2 nitrogen and oxygen atoms in total. The average Bonchev–Trinajstić information content (AvgIpc) is 2.52. The second-order valence-corrected chi connectivity index (χ2v) is 5.26. The summed E-state index contributed by atoms with van der Waals surface area (Å²) >= 11 is 0. The van der Waals surface area contributed by atoms with Gasteiger partial charge in [0.1, 0.15) is 0 Å². The van der Waals surface area contributed by atoms with Gasteiger partial charge in [0.05, 0.1) is 5.60 Å². The molecular formula is C18H14IrNO-. The van der Waals surface area contributed by atoms with E-state index >= 15 is 0 Å². The number of fused-ring (bicyclic) bond motifs is 2. The molecular weight excluding hydrogens is 438 g/mol. The molecule has 0 amide bonds. The third-order valence-corrected chi connectivity index (χ3v) is 4.32. The smallest absolute Gasteiger partial charge is 0.0821 e. The molecule has 4 rings (SSSR count). The van der Waals surface area contributed by atoms with Gasteiger partial charge in [-0.25, -0.2) is 0 Å². The Kier molecular flexibility index (Phi) is 3.45. The molecule has 0 saturated carbocycles. The molecule has 0 spiro atoms. The summed E-state index contributed by atoms with van der Waals surface area (Å²) in [4.78, 5) is 4.59. The summed E-state index contributed by atoms with van der Waals surface area (Å²) in [5.74, 6) is 0. The van der Waals surface area contributed by atoms with Gasteiger partial charge < -0.3 is 9.72 Å². The second kappa shape index (κ2) is 5.03. The van der Waals surface area contributed by atoms with Crippen LogP contribution in [0.5, 0.6) is 0 Å². The maximum absolute atomic E-state index is 5.90. The third kappa shape index (κ3) is 1.82. The minimum absolute atomic E-state index is 0. The Balaban J connectivity index is 0.00000132.